The van der Waals surface area contributed by atoms with E-state index in [0.717, 1.165) is 17.0 Å². The van der Waals surface area contributed by atoms with Crippen LogP contribution in [-0.4, -0.2) is 16.2 Å². The fraction of sp³-hybridized carbons (Fsp3) is 0.250. The van der Waals surface area contributed by atoms with E-state index in [-0.39, 0.29) is 6.10 Å². The summed E-state index contributed by atoms with van der Waals surface area (Å²) >= 11 is 5.25. The average Bonchev–Trinajstić information content (AvgIpc) is 2.47. The minimum atomic E-state index is 0.186. The lowest BCUT2D eigenvalue weighted by Crippen LogP contribution is -2.27. The molecule has 0 saturated heterocycles. The number of hydrogen-bond acceptors (Lipinski definition) is 3. The summed E-state index contributed by atoms with van der Waals surface area (Å²) < 4.78 is 5.61. The highest BCUT2D eigenvalue weighted by atomic mass is 32.1. The number of ether oxygens (including phenoxy) is 1. The Labute approximate surface area is 130 Å². The van der Waals surface area contributed by atoms with Crippen LogP contribution in [0.25, 0.3) is 0 Å². The van der Waals surface area contributed by atoms with Crippen LogP contribution in [0.15, 0.2) is 48.8 Å². The Kier molecular flexibility index (Phi) is 5.51. The van der Waals surface area contributed by atoms with Gasteiger partial charge in [0.25, 0.3) is 0 Å². The molecule has 0 saturated carbocycles. The van der Waals surface area contributed by atoms with Crippen molar-refractivity contribution >= 4 is 23.0 Å². The van der Waals surface area contributed by atoms with E-state index in [1.807, 2.05) is 50.2 Å². The van der Waals surface area contributed by atoms with Crippen LogP contribution in [0.5, 0.6) is 5.75 Å². The van der Waals surface area contributed by atoms with Crippen molar-refractivity contribution in [3.05, 3.63) is 54.4 Å². The minimum Gasteiger partial charge on any atom is -0.491 e. The number of nitrogens with zero attached hydrogens (tertiary/aromatic N) is 1. The SMILES string of the molecule is CC(C)Oc1ccc(CNC(=S)Nc2ccncc2)cc1. The van der Waals surface area contributed by atoms with E-state index < -0.39 is 0 Å². The molecule has 0 aliphatic rings. The Morgan fingerprint density at radius 1 is 1.14 bits per heavy atom. The molecule has 0 unspecified atom stereocenters. The number of benzene rings is 1. The van der Waals surface area contributed by atoms with Crippen LogP contribution >= 0.6 is 12.2 Å². The Morgan fingerprint density at radius 3 is 2.43 bits per heavy atom. The maximum absolute atomic E-state index is 5.61. The zero-order chi connectivity index (χ0) is 15.1. The third-order valence-corrected chi connectivity index (χ3v) is 2.93. The summed E-state index contributed by atoms with van der Waals surface area (Å²) in [5.41, 5.74) is 2.06. The fourth-order valence-corrected chi connectivity index (χ4v) is 1.94. The normalized spacial score (nSPS) is 10.2. The number of pyridine rings is 1. The van der Waals surface area contributed by atoms with Crippen molar-refractivity contribution in [2.75, 3.05) is 5.32 Å². The molecule has 2 rings (SSSR count). The van der Waals surface area contributed by atoms with Gasteiger partial charge >= 0.3 is 0 Å². The molecule has 0 fully saturated rings. The van der Waals surface area contributed by atoms with E-state index in [2.05, 4.69) is 15.6 Å². The molecule has 110 valence electrons. The largest absolute Gasteiger partial charge is 0.491 e. The summed E-state index contributed by atoms with van der Waals surface area (Å²) in [5, 5.41) is 6.86. The molecule has 0 amide bonds. The van der Waals surface area contributed by atoms with Gasteiger partial charge in [-0.1, -0.05) is 12.1 Å². The van der Waals surface area contributed by atoms with Crippen molar-refractivity contribution in [2.24, 2.45) is 0 Å². The van der Waals surface area contributed by atoms with Gasteiger partial charge in [-0.05, 0) is 55.9 Å². The third kappa shape index (κ3) is 5.39. The highest BCUT2D eigenvalue weighted by Crippen LogP contribution is 2.13. The number of rotatable bonds is 5. The van der Waals surface area contributed by atoms with Gasteiger partial charge in [-0.25, -0.2) is 0 Å². The summed E-state index contributed by atoms with van der Waals surface area (Å²) in [6.07, 6.45) is 3.63. The zero-order valence-electron chi connectivity index (χ0n) is 12.2. The minimum absolute atomic E-state index is 0.186. The van der Waals surface area contributed by atoms with Gasteiger partial charge in [-0.2, -0.15) is 0 Å². The lowest BCUT2D eigenvalue weighted by molar-refractivity contribution is 0.242. The molecule has 5 heteroatoms. The molecule has 1 heterocycles. The second-order valence-corrected chi connectivity index (χ2v) is 5.26. The van der Waals surface area contributed by atoms with Crippen molar-refractivity contribution in [3.63, 3.8) is 0 Å². The number of thiocarbonyl (C=S) groups is 1. The first-order valence-corrected chi connectivity index (χ1v) is 7.25. The van der Waals surface area contributed by atoms with Crippen molar-refractivity contribution in [1.29, 1.82) is 0 Å². The highest BCUT2D eigenvalue weighted by molar-refractivity contribution is 7.80. The first-order chi connectivity index (χ1) is 10.1. The van der Waals surface area contributed by atoms with Gasteiger partial charge in [0.1, 0.15) is 5.75 Å². The Morgan fingerprint density at radius 2 is 1.81 bits per heavy atom. The molecule has 4 nitrogen and oxygen atoms in total. The van der Waals surface area contributed by atoms with E-state index in [4.69, 9.17) is 17.0 Å². The van der Waals surface area contributed by atoms with Crippen molar-refractivity contribution in [2.45, 2.75) is 26.5 Å². The van der Waals surface area contributed by atoms with Crippen LogP contribution in [0.3, 0.4) is 0 Å². The summed E-state index contributed by atoms with van der Waals surface area (Å²) in [6, 6.07) is 11.7. The Bertz CT molecular complexity index is 570. The molecule has 0 radical (unpaired) electrons. The predicted molar refractivity (Wildman–Crippen MR) is 89.5 cm³/mol. The van der Waals surface area contributed by atoms with E-state index in [9.17, 15) is 0 Å². The smallest absolute Gasteiger partial charge is 0.171 e. The van der Waals surface area contributed by atoms with E-state index in [0.29, 0.717) is 11.7 Å². The molecule has 0 bridgehead atoms. The molecule has 0 aliphatic heterocycles. The van der Waals surface area contributed by atoms with Crippen LogP contribution in [0.4, 0.5) is 5.69 Å². The molecular weight excluding hydrogens is 282 g/mol. The van der Waals surface area contributed by atoms with Gasteiger partial charge in [0.15, 0.2) is 5.11 Å². The monoisotopic (exact) mass is 301 g/mol. The fourth-order valence-electron chi connectivity index (χ4n) is 1.75. The Balaban J connectivity index is 1.81. The molecule has 0 aliphatic carbocycles. The average molecular weight is 301 g/mol. The van der Waals surface area contributed by atoms with E-state index >= 15 is 0 Å². The quantitative estimate of drug-likeness (QED) is 0.829. The molecular formula is C16H19N3OS. The third-order valence-electron chi connectivity index (χ3n) is 2.69. The van der Waals surface area contributed by atoms with Gasteiger partial charge in [-0.3, -0.25) is 4.98 Å². The van der Waals surface area contributed by atoms with Crippen molar-refractivity contribution < 1.29 is 4.74 Å². The maximum Gasteiger partial charge on any atom is 0.171 e. The first-order valence-electron chi connectivity index (χ1n) is 6.84. The standard InChI is InChI=1S/C16H19N3OS/c1-12(2)20-15-5-3-13(4-6-15)11-18-16(21)19-14-7-9-17-10-8-14/h3-10,12H,11H2,1-2H3,(H2,17,18,19,21). The Hall–Kier alpha value is -2.14. The molecule has 2 aromatic rings. The van der Waals surface area contributed by atoms with E-state index in [1.165, 1.54) is 0 Å². The lowest BCUT2D eigenvalue weighted by atomic mass is 10.2. The first kappa shape index (κ1) is 15.3. The molecule has 2 N–H and O–H groups in total. The summed E-state index contributed by atoms with van der Waals surface area (Å²) in [4.78, 5) is 3.96. The van der Waals surface area contributed by atoms with Crippen LogP contribution < -0.4 is 15.4 Å². The lowest BCUT2D eigenvalue weighted by Gasteiger charge is -2.12. The van der Waals surface area contributed by atoms with Gasteiger partial charge in [0, 0.05) is 24.6 Å². The van der Waals surface area contributed by atoms with Gasteiger partial charge in [0.05, 0.1) is 6.10 Å². The zero-order valence-corrected chi connectivity index (χ0v) is 13.0. The van der Waals surface area contributed by atoms with E-state index in [1.54, 1.807) is 12.4 Å². The number of anilines is 1. The van der Waals surface area contributed by atoms with Crippen LogP contribution in [0.1, 0.15) is 19.4 Å². The summed E-state index contributed by atoms with van der Waals surface area (Å²) in [7, 11) is 0. The number of hydrogen-bond donors (Lipinski definition) is 2. The predicted octanol–water partition coefficient (Wildman–Crippen LogP) is 3.36. The second kappa shape index (κ2) is 7.59. The molecule has 21 heavy (non-hydrogen) atoms. The molecule has 1 aromatic heterocycles. The van der Waals surface area contributed by atoms with Crippen LogP contribution in [0, 0.1) is 0 Å². The molecule has 0 spiro atoms. The number of nitrogens with one attached hydrogen (secondary N) is 2. The maximum atomic E-state index is 5.61. The summed E-state index contributed by atoms with van der Waals surface area (Å²) in [6.45, 7) is 4.69. The van der Waals surface area contributed by atoms with Crippen molar-refractivity contribution in [1.82, 2.24) is 10.3 Å². The molecule has 1 aromatic carbocycles. The van der Waals surface area contributed by atoms with Crippen LogP contribution in [0.2, 0.25) is 0 Å². The topological polar surface area (TPSA) is 46.2 Å². The second-order valence-electron chi connectivity index (χ2n) is 4.85. The van der Waals surface area contributed by atoms with Crippen LogP contribution in [-0.2, 0) is 6.54 Å². The summed E-state index contributed by atoms with van der Waals surface area (Å²) in [5.74, 6) is 0.881. The molecule has 0 atom stereocenters. The van der Waals surface area contributed by atoms with Gasteiger partial charge < -0.3 is 15.4 Å². The van der Waals surface area contributed by atoms with Crippen molar-refractivity contribution in [3.8, 4) is 5.75 Å². The highest BCUT2D eigenvalue weighted by Gasteiger charge is 2.00. The number of aromatic nitrogens is 1. The van der Waals surface area contributed by atoms with Gasteiger partial charge in [-0.15, -0.1) is 0 Å². The van der Waals surface area contributed by atoms with Gasteiger partial charge in [0.2, 0.25) is 0 Å².